The van der Waals surface area contributed by atoms with E-state index in [0.29, 0.717) is 24.1 Å². The minimum Gasteiger partial charge on any atom is -0.396 e. The van der Waals surface area contributed by atoms with Crippen molar-refractivity contribution < 1.29 is 9.50 Å². The van der Waals surface area contributed by atoms with E-state index >= 15 is 0 Å². The molecule has 1 saturated heterocycles. The molecule has 0 bridgehead atoms. The van der Waals surface area contributed by atoms with Gasteiger partial charge in [0.2, 0.25) is 5.95 Å². The van der Waals surface area contributed by atoms with Crippen LogP contribution in [0.5, 0.6) is 0 Å². The molecular weight excluding hydrogens is 325 g/mol. The number of nitrogens with zero attached hydrogens (tertiary/aromatic N) is 7. The Kier molecular flexibility index (Phi) is 5.42. The molecule has 2 aromatic heterocycles. The third-order valence-electron chi connectivity index (χ3n) is 4.34. The number of aromatic nitrogens is 5. The van der Waals surface area contributed by atoms with Crippen LogP contribution in [0.2, 0.25) is 0 Å². The van der Waals surface area contributed by atoms with Crippen LogP contribution in [0, 0.1) is 11.7 Å². The van der Waals surface area contributed by atoms with Crippen molar-refractivity contribution in [3.05, 3.63) is 23.9 Å². The lowest BCUT2D eigenvalue weighted by molar-refractivity contribution is 0.298. The van der Waals surface area contributed by atoms with Gasteiger partial charge in [0.1, 0.15) is 0 Å². The first-order valence-corrected chi connectivity index (χ1v) is 8.51. The first kappa shape index (κ1) is 17.5. The second kappa shape index (κ2) is 7.73. The molecule has 0 saturated carbocycles. The molecule has 1 atom stereocenters. The minimum atomic E-state index is -0.415. The molecule has 0 aromatic carbocycles. The molecule has 136 valence electrons. The van der Waals surface area contributed by atoms with E-state index in [-0.39, 0.29) is 6.61 Å². The highest BCUT2D eigenvalue weighted by atomic mass is 19.1. The lowest BCUT2D eigenvalue weighted by Crippen LogP contribution is -2.38. The molecule has 1 aliphatic heterocycles. The zero-order valence-electron chi connectivity index (χ0n) is 14.6. The zero-order chi connectivity index (χ0) is 17.8. The molecule has 0 amide bonds. The van der Waals surface area contributed by atoms with E-state index in [1.165, 1.54) is 6.20 Å². The third-order valence-corrected chi connectivity index (χ3v) is 4.34. The predicted octanol–water partition coefficient (Wildman–Crippen LogP) is 0.725. The summed E-state index contributed by atoms with van der Waals surface area (Å²) >= 11 is 0. The van der Waals surface area contributed by atoms with Gasteiger partial charge in [0.05, 0.1) is 11.9 Å². The summed E-state index contributed by atoms with van der Waals surface area (Å²) in [6.07, 6.45) is 5.76. The number of halogens is 1. The van der Waals surface area contributed by atoms with Gasteiger partial charge in [-0.25, -0.2) is 9.37 Å². The van der Waals surface area contributed by atoms with Gasteiger partial charge in [-0.2, -0.15) is 4.98 Å². The molecule has 1 fully saturated rings. The summed E-state index contributed by atoms with van der Waals surface area (Å²) in [6, 6.07) is 0. The maximum absolute atomic E-state index is 13.8. The van der Waals surface area contributed by atoms with E-state index < -0.39 is 5.82 Å². The molecule has 0 spiro atoms. The second-order valence-electron chi connectivity index (χ2n) is 6.60. The van der Waals surface area contributed by atoms with E-state index in [9.17, 15) is 4.39 Å². The van der Waals surface area contributed by atoms with Gasteiger partial charge in [0.25, 0.3) is 0 Å². The molecule has 1 aliphatic rings. The first-order valence-electron chi connectivity index (χ1n) is 8.51. The molecule has 2 aromatic rings. The molecule has 3 rings (SSSR count). The van der Waals surface area contributed by atoms with Crippen LogP contribution in [0.25, 0.3) is 0 Å². The summed E-state index contributed by atoms with van der Waals surface area (Å²) in [5.41, 5.74) is 0.799. The van der Waals surface area contributed by atoms with Crippen LogP contribution in [0.4, 0.5) is 16.2 Å². The molecule has 8 nitrogen and oxygen atoms in total. The Balaban J connectivity index is 1.67. The Labute approximate surface area is 146 Å². The average molecular weight is 349 g/mol. The fourth-order valence-corrected chi connectivity index (χ4v) is 3.13. The Bertz CT molecular complexity index is 706. The van der Waals surface area contributed by atoms with Gasteiger partial charge in [-0.1, -0.05) is 5.21 Å². The summed E-state index contributed by atoms with van der Waals surface area (Å²) < 4.78 is 15.6. The van der Waals surface area contributed by atoms with E-state index in [2.05, 4.69) is 25.2 Å². The molecule has 0 unspecified atom stereocenters. The van der Waals surface area contributed by atoms with Crippen LogP contribution in [-0.2, 0) is 13.0 Å². The van der Waals surface area contributed by atoms with Crippen LogP contribution in [0.1, 0.15) is 18.5 Å². The van der Waals surface area contributed by atoms with Crippen molar-refractivity contribution in [3.8, 4) is 0 Å². The smallest absolute Gasteiger partial charge is 0.227 e. The van der Waals surface area contributed by atoms with Gasteiger partial charge in [-0.3, -0.25) is 4.68 Å². The van der Waals surface area contributed by atoms with Crippen LogP contribution in [0.3, 0.4) is 0 Å². The van der Waals surface area contributed by atoms with Gasteiger partial charge >= 0.3 is 0 Å². The fourth-order valence-electron chi connectivity index (χ4n) is 3.13. The zero-order valence-corrected chi connectivity index (χ0v) is 14.6. The van der Waals surface area contributed by atoms with Crippen molar-refractivity contribution in [1.82, 2.24) is 25.0 Å². The van der Waals surface area contributed by atoms with Crippen molar-refractivity contribution in [2.45, 2.75) is 25.8 Å². The van der Waals surface area contributed by atoms with Gasteiger partial charge in [-0.15, -0.1) is 5.10 Å². The quantitative estimate of drug-likeness (QED) is 0.823. The third kappa shape index (κ3) is 4.22. The number of anilines is 2. The van der Waals surface area contributed by atoms with Crippen molar-refractivity contribution in [2.24, 2.45) is 5.92 Å². The van der Waals surface area contributed by atoms with Crippen LogP contribution >= 0.6 is 0 Å². The van der Waals surface area contributed by atoms with Gasteiger partial charge in [0.15, 0.2) is 11.6 Å². The highest BCUT2D eigenvalue weighted by Crippen LogP contribution is 2.24. The van der Waals surface area contributed by atoms with Gasteiger partial charge in [-0.05, 0) is 18.8 Å². The Morgan fingerprint density at radius 1 is 1.40 bits per heavy atom. The molecule has 3 heterocycles. The Morgan fingerprint density at radius 2 is 2.24 bits per heavy atom. The molecule has 0 radical (unpaired) electrons. The molecule has 25 heavy (non-hydrogen) atoms. The van der Waals surface area contributed by atoms with Crippen molar-refractivity contribution in [1.29, 1.82) is 0 Å². The molecular formula is C16H24FN7O. The minimum absolute atomic E-state index is 0.0754. The maximum Gasteiger partial charge on any atom is 0.227 e. The first-order chi connectivity index (χ1) is 12.1. The summed E-state index contributed by atoms with van der Waals surface area (Å²) in [5, 5.41) is 17.1. The van der Waals surface area contributed by atoms with Crippen molar-refractivity contribution in [3.63, 3.8) is 0 Å². The van der Waals surface area contributed by atoms with Gasteiger partial charge < -0.3 is 14.9 Å². The Hall–Kier alpha value is -2.29. The summed E-state index contributed by atoms with van der Waals surface area (Å²) in [7, 11) is 3.53. The highest BCUT2D eigenvalue weighted by molar-refractivity contribution is 5.44. The summed E-state index contributed by atoms with van der Waals surface area (Å²) in [5.74, 6) is 0.849. The molecule has 1 N–H and O–H groups in total. The summed E-state index contributed by atoms with van der Waals surface area (Å²) in [4.78, 5) is 12.3. The molecule has 0 aliphatic carbocycles. The lowest BCUT2D eigenvalue weighted by atomic mass is 9.98. The van der Waals surface area contributed by atoms with Crippen LogP contribution < -0.4 is 9.80 Å². The summed E-state index contributed by atoms with van der Waals surface area (Å²) in [6.45, 7) is 2.50. The lowest BCUT2D eigenvalue weighted by Gasteiger charge is -2.33. The Morgan fingerprint density at radius 3 is 3.00 bits per heavy atom. The van der Waals surface area contributed by atoms with E-state index in [1.54, 1.807) is 19.0 Å². The number of piperidine rings is 1. The standard InChI is InChI=1S/C16H24FN7O/c1-22(2)15-14(17)8-18-16(19-15)23-6-3-4-12(9-23)10-24-11-13(5-7-25)20-21-24/h8,11-12,25H,3-7,9-10H2,1-2H3/t12-/m1/s1. The van der Waals surface area contributed by atoms with Crippen LogP contribution in [0.15, 0.2) is 12.4 Å². The largest absolute Gasteiger partial charge is 0.396 e. The number of aliphatic hydroxyl groups excluding tert-OH is 1. The SMILES string of the molecule is CN(C)c1nc(N2CCC[C@@H](Cn3cc(CCO)nn3)C2)ncc1F. The van der Waals surface area contributed by atoms with Crippen molar-refractivity contribution in [2.75, 3.05) is 43.6 Å². The van der Waals surface area contributed by atoms with Crippen LogP contribution in [-0.4, -0.2) is 63.9 Å². The van der Waals surface area contributed by atoms with Crippen molar-refractivity contribution >= 4 is 11.8 Å². The number of aliphatic hydroxyl groups is 1. The molecule has 9 heteroatoms. The van der Waals surface area contributed by atoms with E-state index in [4.69, 9.17) is 5.11 Å². The van der Waals surface area contributed by atoms with E-state index in [1.807, 2.05) is 10.9 Å². The number of hydrogen-bond acceptors (Lipinski definition) is 7. The van der Waals surface area contributed by atoms with E-state index in [0.717, 1.165) is 38.2 Å². The maximum atomic E-state index is 13.8. The predicted molar refractivity (Wildman–Crippen MR) is 92.1 cm³/mol. The fraction of sp³-hybridized carbons (Fsp3) is 0.625. The average Bonchev–Trinajstić information content (AvgIpc) is 3.02. The highest BCUT2D eigenvalue weighted by Gasteiger charge is 2.23. The number of hydrogen-bond donors (Lipinski definition) is 1. The van der Waals surface area contributed by atoms with Gasteiger partial charge in [0, 0.05) is 53.0 Å². The monoisotopic (exact) mass is 349 g/mol. The second-order valence-corrected chi connectivity index (χ2v) is 6.60. The topological polar surface area (TPSA) is 83.2 Å². The normalized spacial score (nSPS) is 17.8. The number of rotatable bonds is 6.